The van der Waals surface area contributed by atoms with Gasteiger partial charge in [-0.3, -0.25) is 14.5 Å². The fourth-order valence-electron chi connectivity index (χ4n) is 4.62. The first-order chi connectivity index (χ1) is 14.9. The SMILES string of the molecule is O=C(N[C@@H]1CCN(C2CCCCC2)C[C@H]1C(=O)O)c1cc(-c2ccc(F)cc2F)no1. The van der Waals surface area contributed by atoms with Gasteiger partial charge in [-0.1, -0.05) is 24.4 Å². The molecule has 0 spiro atoms. The average molecular weight is 433 g/mol. The fraction of sp³-hybridized carbons (Fsp3) is 0.500. The summed E-state index contributed by atoms with van der Waals surface area (Å²) in [5, 5.41) is 16.2. The van der Waals surface area contributed by atoms with Crippen LogP contribution in [0.1, 0.15) is 49.1 Å². The van der Waals surface area contributed by atoms with E-state index in [1.807, 2.05) is 0 Å². The van der Waals surface area contributed by atoms with Gasteiger partial charge in [0.15, 0.2) is 0 Å². The highest BCUT2D eigenvalue weighted by atomic mass is 19.1. The van der Waals surface area contributed by atoms with E-state index in [1.54, 1.807) is 0 Å². The minimum absolute atomic E-state index is 0.00778. The standard InChI is InChI=1S/C22H25F2N3O4/c23-13-6-7-15(17(24)10-13)19-11-20(31-26-19)21(28)25-18-8-9-27(12-16(18)22(29)30)14-4-2-1-3-5-14/h6-7,10-11,14,16,18H,1-5,8-9,12H2,(H,25,28)(H,29,30)/t16-,18-/m1/s1. The predicted molar refractivity (Wildman–Crippen MR) is 107 cm³/mol. The number of carbonyl (C=O) groups is 2. The molecule has 1 aromatic heterocycles. The maximum atomic E-state index is 14.0. The third-order valence-electron chi connectivity index (χ3n) is 6.31. The number of carboxylic acids is 1. The Morgan fingerprint density at radius 3 is 2.61 bits per heavy atom. The van der Waals surface area contributed by atoms with Gasteiger partial charge in [-0.05, 0) is 31.4 Å². The van der Waals surface area contributed by atoms with E-state index in [-0.39, 0.29) is 17.0 Å². The van der Waals surface area contributed by atoms with Crippen molar-refractivity contribution in [2.75, 3.05) is 13.1 Å². The average Bonchev–Trinajstić information content (AvgIpc) is 3.24. The smallest absolute Gasteiger partial charge is 0.309 e. The molecule has 4 rings (SSSR count). The lowest BCUT2D eigenvalue weighted by atomic mass is 9.87. The normalized spacial score (nSPS) is 22.9. The Kier molecular flexibility index (Phi) is 6.31. The van der Waals surface area contributed by atoms with Gasteiger partial charge < -0.3 is 14.9 Å². The van der Waals surface area contributed by atoms with Crippen molar-refractivity contribution in [2.24, 2.45) is 5.92 Å². The molecule has 2 aromatic rings. The third-order valence-corrected chi connectivity index (χ3v) is 6.31. The molecule has 0 radical (unpaired) electrons. The second kappa shape index (κ2) is 9.13. The van der Waals surface area contributed by atoms with E-state index >= 15 is 0 Å². The number of aromatic nitrogens is 1. The molecule has 1 aliphatic heterocycles. The maximum Gasteiger partial charge on any atom is 0.309 e. The number of nitrogens with zero attached hydrogens (tertiary/aromatic N) is 2. The maximum absolute atomic E-state index is 14.0. The van der Waals surface area contributed by atoms with Gasteiger partial charge in [-0.25, -0.2) is 8.78 Å². The van der Waals surface area contributed by atoms with Crippen molar-refractivity contribution in [1.82, 2.24) is 15.4 Å². The lowest BCUT2D eigenvalue weighted by Crippen LogP contribution is -2.56. The molecular weight excluding hydrogens is 408 g/mol. The summed E-state index contributed by atoms with van der Waals surface area (Å²) in [6, 6.07) is 4.16. The number of rotatable bonds is 5. The molecule has 0 unspecified atom stereocenters. The van der Waals surface area contributed by atoms with Crippen molar-refractivity contribution >= 4 is 11.9 Å². The van der Waals surface area contributed by atoms with E-state index in [0.717, 1.165) is 31.5 Å². The van der Waals surface area contributed by atoms with E-state index in [0.29, 0.717) is 19.0 Å². The van der Waals surface area contributed by atoms with E-state index in [2.05, 4.69) is 15.4 Å². The zero-order valence-corrected chi connectivity index (χ0v) is 17.0. The number of nitrogens with one attached hydrogen (secondary N) is 1. The Balaban J connectivity index is 1.43. The molecule has 31 heavy (non-hydrogen) atoms. The van der Waals surface area contributed by atoms with Crippen molar-refractivity contribution in [3.63, 3.8) is 0 Å². The topological polar surface area (TPSA) is 95.7 Å². The summed E-state index contributed by atoms with van der Waals surface area (Å²) in [6.07, 6.45) is 6.26. The molecule has 166 valence electrons. The molecule has 1 amide bonds. The molecule has 2 fully saturated rings. The number of amides is 1. The summed E-state index contributed by atoms with van der Waals surface area (Å²) in [5.41, 5.74) is 0.0676. The highest BCUT2D eigenvalue weighted by Crippen LogP contribution is 2.28. The van der Waals surface area contributed by atoms with Crippen LogP contribution in [0.3, 0.4) is 0 Å². The van der Waals surface area contributed by atoms with Gasteiger partial charge in [-0.15, -0.1) is 0 Å². The summed E-state index contributed by atoms with van der Waals surface area (Å²) < 4.78 is 32.1. The van der Waals surface area contributed by atoms with Crippen LogP contribution in [0, 0.1) is 17.6 Å². The lowest BCUT2D eigenvalue weighted by Gasteiger charge is -2.42. The number of aliphatic carboxylic acids is 1. The number of likely N-dealkylation sites (tertiary alicyclic amines) is 1. The highest BCUT2D eigenvalue weighted by molar-refractivity contribution is 5.93. The predicted octanol–water partition coefficient (Wildman–Crippen LogP) is 3.46. The Morgan fingerprint density at radius 1 is 1.13 bits per heavy atom. The van der Waals surface area contributed by atoms with Gasteiger partial charge >= 0.3 is 5.97 Å². The monoisotopic (exact) mass is 433 g/mol. The number of halogens is 2. The second-order valence-electron chi connectivity index (χ2n) is 8.30. The molecule has 1 aliphatic carbocycles. The summed E-state index contributed by atoms with van der Waals surface area (Å²) in [5.74, 6) is -3.97. The van der Waals surface area contributed by atoms with Gasteiger partial charge in [0.25, 0.3) is 5.91 Å². The summed E-state index contributed by atoms with van der Waals surface area (Å²) in [6.45, 7) is 1.12. The number of benzene rings is 1. The van der Waals surface area contributed by atoms with E-state index < -0.39 is 35.5 Å². The summed E-state index contributed by atoms with van der Waals surface area (Å²) >= 11 is 0. The Morgan fingerprint density at radius 2 is 1.90 bits per heavy atom. The Labute approximate surface area is 178 Å². The molecular formula is C22H25F2N3O4. The quantitative estimate of drug-likeness (QED) is 0.750. The van der Waals surface area contributed by atoms with Gasteiger partial charge in [0.2, 0.25) is 5.76 Å². The lowest BCUT2D eigenvalue weighted by molar-refractivity contribution is -0.145. The van der Waals surface area contributed by atoms with E-state index in [4.69, 9.17) is 4.52 Å². The second-order valence-corrected chi connectivity index (χ2v) is 8.30. The van der Waals surface area contributed by atoms with Gasteiger partial charge in [0, 0.05) is 42.9 Å². The third kappa shape index (κ3) is 4.76. The molecule has 1 aromatic carbocycles. The Bertz CT molecular complexity index is 958. The van der Waals surface area contributed by atoms with Crippen LogP contribution >= 0.6 is 0 Å². The molecule has 2 heterocycles. The molecule has 1 saturated heterocycles. The number of piperidine rings is 1. The van der Waals surface area contributed by atoms with Crippen molar-refractivity contribution in [3.05, 3.63) is 41.7 Å². The first kappa shape index (κ1) is 21.4. The van der Waals surface area contributed by atoms with Gasteiger partial charge in [0.05, 0.1) is 5.92 Å². The van der Waals surface area contributed by atoms with Crippen LogP contribution in [0.5, 0.6) is 0 Å². The molecule has 2 atom stereocenters. The van der Waals surface area contributed by atoms with Crippen LogP contribution in [0.15, 0.2) is 28.8 Å². The fourth-order valence-corrected chi connectivity index (χ4v) is 4.62. The summed E-state index contributed by atoms with van der Waals surface area (Å²) in [7, 11) is 0. The first-order valence-electron chi connectivity index (χ1n) is 10.6. The summed E-state index contributed by atoms with van der Waals surface area (Å²) in [4.78, 5) is 26.8. The zero-order chi connectivity index (χ0) is 22.0. The van der Waals surface area contributed by atoms with Gasteiger partial charge in [0.1, 0.15) is 17.3 Å². The van der Waals surface area contributed by atoms with Crippen LogP contribution in [0.25, 0.3) is 11.3 Å². The highest BCUT2D eigenvalue weighted by Gasteiger charge is 2.38. The number of hydrogen-bond acceptors (Lipinski definition) is 5. The number of carbonyl (C=O) groups excluding carboxylic acids is 1. The molecule has 2 N–H and O–H groups in total. The zero-order valence-electron chi connectivity index (χ0n) is 17.0. The largest absolute Gasteiger partial charge is 0.481 e. The number of hydrogen-bond donors (Lipinski definition) is 2. The molecule has 0 bridgehead atoms. The minimum Gasteiger partial charge on any atom is -0.481 e. The van der Waals surface area contributed by atoms with Crippen LogP contribution in [0.2, 0.25) is 0 Å². The van der Waals surface area contributed by atoms with Crippen LogP contribution < -0.4 is 5.32 Å². The first-order valence-corrected chi connectivity index (χ1v) is 10.6. The molecule has 9 heteroatoms. The minimum atomic E-state index is -0.947. The molecule has 1 saturated carbocycles. The van der Waals surface area contributed by atoms with Crippen molar-refractivity contribution in [2.45, 2.75) is 50.6 Å². The van der Waals surface area contributed by atoms with Crippen molar-refractivity contribution in [1.29, 1.82) is 0 Å². The van der Waals surface area contributed by atoms with E-state index in [1.165, 1.54) is 31.4 Å². The van der Waals surface area contributed by atoms with Crippen molar-refractivity contribution in [3.8, 4) is 11.3 Å². The van der Waals surface area contributed by atoms with Crippen LogP contribution in [-0.4, -0.2) is 52.2 Å². The number of carboxylic acid groups (broad SMARTS) is 1. The molecule has 2 aliphatic rings. The van der Waals surface area contributed by atoms with E-state index in [9.17, 15) is 23.5 Å². The molecule has 7 nitrogen and oxygen atoms in total. The van der Waals surface area contributed by atoms with Crippen LogP contribution in [-0.2, 0) is 4.79 Å². The van der Waals surface area contributed by atoms with Gasteiger partial charge in [-0.2, -0.15) is 0 Å². The van der Waals surface area contributed by atoms with Crippen LogP contribution in [0.4, 0.5) is 8.78 Å². The Hall–Kier alpha value is -2.81. The van der Waals surface area contributed by atoms with Crippen molar-refractivity contribution < 1.29 is 28.0 Å².